The fourth-order valence-corrected chi connectivity index (χ4v) is 1.96. The van der Waals surface area contributed by atoms with Gasteiger partial charge in [0.2, 0.25) is 0 Å². The van der Waals surface area contributed by atoms with Crippen LogP contribution in [-0.2, 0) is 0 Å². The average Bonchev–Trinajstić information content (AvgIpc) is 2.69. The Morgan fingerprint density at radius 1 is 0.960 bits per heavy atom. The van der Waals surface area contributed by atoms with E-state index >= 15 is 0 Å². The Labute approximate surface area is 160 Å². The van der Waals surface area contributed by atoms with Crippen molar-refractivity contribution in [3.63, 3.8) is 0 Å². The van der Waals surface area contributed by atoms with Gasteiger partial charge in [0.15, 0.2) is 0 Å². The zero-order chi connectivity index (χ0) is 20.5. The van der Waals surface area contributed by atoms with Crippen LogP contribution >= 0.6 is 0 Å². The Kier molecular flexibility index (Phi) is 38.5. The summed E-state index contributed by atoms with van der Waals surface area (Å²) in [6, 6.07) is 0. The third-order valence-electron chi connectivity index (χ3n) is 3.72. The first-order valence-electron chi connectivity index (χ1n) is 10.3. The molecule has 150 valence electrons. The van der Waals surface area contributed by atoms with E-state index in [0.717, 1.165) is 18.2 Å². The highest BCUT2D eigenvalue weighted by Gasteiger charge is 2.02. The fraction of sp³-hybridized carbons (Fsp3) is 0.696. The normalized spacial score (nSPS) is 10.1. The first-order chi connectivity index (χ1) is 12.1. The van der Waals surface area contributed by atoms with Crippen LogP contribution in [0.3, 0.4) is 0 Å². The first-order valence-corrected chi connectivity index (χ1v) is 10.3. The van der Waals surface area contributed by atoms with Gasteiger partial charge in [-0.25, -0.2) is 0 Å². The smallest absolute Gasteiger partial charge is 0.0518 e. The van der Waals surface area contributed by atoms with Gasteiger partial charge in [0.05, 0.1) is 5.70 Å². The second-order valence-electron chi connectivity index (χ2n) is 5.17. The molecule has 0 saturated carbocycles. The number of hydrogen-bond donors (Lipinski definition) is 2. The molecule has 0 aliphatic rings. The van der Waals surface area contributed by atoms with Gasteiger partial charge >= 0.3 is 0 Å². The van der Waals surface area contributed by atoms with Crippen molar-refractivity contribution in [2.24, 2.45) is 11.8 Å². The lowest BCUT2D eigenvalue weighted by Crippen LogP contribution is -2.22. The maximum atomic E-state index is 7.12. The Morgan fingerprint density at radius 3 is 1.68 bits per heavy atom. The van der Waals surface area contributed by atoms with E-state index < -0.39 is 0 Å². The fourth-order valence-electron chi connectivity index (χ4n) is 1.96. The van der Waals surface area contributed by atoms with Crippen LogP contribution in [0.5, 0.6) is 0 Å². The molecular weight excluding hydrogens is 304 g/mol. The van der Waals surface area contributed by atoms with Gasteiger partial charge in [0.1, 0.15) is 0 Å². The van der Waals surface area contributed by atoms with Crippen molar-refractivity contribution in [3.05, 3.63) is 36.6 Å². The van der Waals surface area contributed by atoms with Crippen LogP contribution in [-0.4, -0.2) is 12.8 Å². The first kappa shape index (κ1) is 31.5. The van der Waals surface area contributed by atoms with Gasteiger partial charge in [0, 0.05) is 12.8 Å². The van der Waals surface area contributed by atoms with Gasteiger partial charge in [0.25, 0.3) is 0 Å². The van der Waals surface area contributed by atoms with Crippen LogP contribution in [0.2, 0.25) is 0 Å². The topological polar surface area (TPSA) is 35.9 Å². The number of nitrogens with one attached hydrogen (secondary N) is 2. The zero-order valence-corrected chi connectivity index (χ0v) is 18.8. The quantitative estimate of drug-likeness (QED) is 0.235. The highest BCUT2D eigenvalue weighted by Crippen LogP contribution is 2.07. The zero-order valence-electron chi connectivity index (χ0n) is 18.8. The van der Waals surface area contributed by atoms with Crippen LogP contribution in [0.1, 0.15) is 88.0 Å². The second-order valence-corrected chi connectivity index (χ2v) is 5.17. The maximum Gasteiger partial charge on any atom is 0.0518 e. The van der Waals surface area contributed by atoms with Crippen LogP contribution in [0.15, 0.2) is 36.6 Å². The van der Waals surface area contributed by atoms with Crippen LogP contribution < -0.4 is 5.32 Å². The molecule has 2 nitrogen and oxygen atoms in total. The SMILES string of the molecule is C/C=C/C(CC)CC.C=C/C=C(\C=N)NCC(CC)CC.CC.CC. The van der Waals surface area contributed by atoms with Crippen LogP contribution in [0, 0.1) is 17.2 Å². The summed E-state index contributed by atoms with van der Waals surface area (Å²) in [7, 11) is 0. The van der Waals surface area contributed by atoms with Gasteiger partial charge in [-0.3, -0.25) is 0 Å². The number of allylic oxidation sites excluding steroid dienone is 5. The molecule has 2 heteroatoms. The van der Waals surface area contributed by atoms with Gasteiger partial charge in [-0.05, 0) is 37.7 Å². The minimum Gasteiger partial charge on any atom is -0.384 e. The Hall–Kier alpha value is -1.31. The summed E-state index contributed by atoms with van der Waals surface area (Å²) >= 11 is 0. The summed E-state index contributed by atoms with van der Waals surface area (Å²) in [6.07, 6.45) is 14.2. The summed E-state index contributed by atoms with van der Waals surface area (Å²) in [5, 5.41) is 10.3. The number of hydrogen-bond acceptors (Lipinski definition) is 2. The van der Waals surface area contributed by atoms with E-state index in [1.165, 1.54) is 31.9 Å². The van der Waals surface area contributed by atoms with E-state index in [-0.39, 0.29) is 0 Å². The van der Waals surface area contributed by atoms with Crippen LogP contribution in [0.4, 0.5) is 0 Å². The molecule has 0 aliphatic carbocycles. The Morgan fingerprint density at radius 2 is 1.44 bits per heavy atom. The summed E-state index contributed by atoms with van der Waals surface area (Å²) in [5.74, 6) is 1.52. The molecule has 0 spiro atoms. The van der Waals surface area contributed by atoms with Crippen molar-refractivity contribution in [1.82, 2.24) is 5.32 Å². The van der Waals surface area contributed by atoms with Gasteiger partial charge < -0.3 is 10.7 Å². The standard InChI is InChI=1S/C11H20N2.C8H16.2C2H6/c1-4-7-11(8-12)13-9-10(5-2)6-3;1-4-7-8(5-2)6-3;2*1-2/h4,7-8,10,12-13H,1,5-6,9H2,2-3H3;4,7-8H,5-6H2,1-3H3;2*1-2H3/b11-7+,12-8?;7-4+;;. The van der Waals surface area contributed by atoms with Crippen molar-refractivity contribution in [2.45, 2.75) is 88.0 Å². The summed E-state index contributed by atoms with van der Waals surface area (Å²) in [4.78, 5) is 0. The average molecular weight is 353 g/mol. The van der Waals surface area contributed by atoms with E-state index in [9.17, 15) is 0 Å². The molecule has 0 aliphatic heterocycles. The Bertz CT molecular complexity index is 295. The van der Waals surface area contributed by atoms with E-state index in [4.69, 9.17) is 5.41 Å². The van der Waals surface area contributed by atoms with E-state index in [1.54, 1.807) is 6.08 Å². The van der Waals surface area contributed by atoms with Crippen molar-refractivity contribution in [3.8, 4) is 0 Å². The molecular formula is C23H48N2. The molecule has 0 aromatic rings. The molecule has 25 heavy (non-hydrogen) atoms. The highest BCUT2D eigenvalue weighted by atomic mass is 14.9. The van der Waals surface area contributed by atoms with E-state index in [1.807, 2.05) is 33.8 Å². The summed E-state index contributed by atoms with van der Waals surface area (Å²) in [6.45, 7) is 23.5. The molecule has 0 aromatic heterocycles. The third kappa shape index (κ3) is 25.1. The Balaban J connectivity index is -0.000000157. The summed E-state index contributed by atoms with van der Waals surface area (Å²) in [5.41, 5.74) is 0.835. The molecule has 0 aromatic carbocycles. The molecule has 0 unspecified atom stereocenters. The lowest BCUT2D eigenvalue weighted by molar-refractivity contribution is 0.475. The minimum atomic E-state index is 0.702. The monoisotopic (exact) mass is 352 g/mol. The highest BCUT2D eigenvalue weighted by molar-refractivity contribution is 5.75. The van der Waals surface area contributed by atoms with Crippen molar-refractivity contribution in [1.29, 1.82) is 5.41 Å². The van der Waals surface area contributed by atoms with E-state index in [2.05, 4.69) is 58.7 Å². The maximum absolute atomic E-state index is 7.12. The molecule has 0 radical (unpaired) electrons. The molecule has 0 saturated heterocycles. The van der Waals surface area contributed by atoms with Crippen molar-refractivity contribution in [2.75, 3.05) is 6.54 Å². The predicted octanol–water partition coefficient (Wildman–Crippen LogP) is 7.78. The third-order valence-corrected chi connectivity index (χ3v) is 3.72. The van der Waals surface area contributed by atoms with Crippen molar-refractivity contribution >= 4 is 6.21 Å². The van der Waals surface area contributed by atoms with Crippen LogP contribution in [0.25, 0.3) is 0 Å². The molecule has 0 heterocycles. The van der Waals surface area contributed by atoms with Gasteiger partial charge in [-0.1, -0.05) is 93.0 Å². The largest absolute Gasteiger partial charge is 0.384 e. The van der Waals surface area contributed by atoms with E-state index in [0.29, 0.717) is 5.92 Å². The molecule has 0 atom stereocenters. The second kappa shape index (κ2) is 30.6. The van der Waals surface area contributed by atoms with Gasteiger partial charge in [-0.15, -0.1) is 0 Å². The number of rotatable bonds is 10. The minimum absolute atomic E-state index is 0.702. The lowest BCUT2D eigenvalue weighted by Gasteiger charge is -2.13. The lowest BCUT2D eigenvalue weighted by atomic mass is 10.0. The molecule has 0 rings (SSSR count). The molecule has 0 bridgehead atoms. The molecule has 0 amide bonds. The van der Waals surface area contributed by atoms with Gasteiger partial charge in [-0.2, -0.15) is 0 Å². The predicted molar refractivity (Wildman–Crippen MR) is 121 cm³/mol. The molecule has 2 N–H and O–H groups in total. The summed E-state index contributed by atoms with van der Waals surface area (Å²) < 4.78 is 0. The van der Waals surface area contributed by atoms with Crippen molar-refractivity contribution < 1.29 is 0 Å². The molecule has 0 fully saturated rings.